The molecule has 28 heavy (non-hydrogen) atoms. The number of rotatable bonds is 5. The summed E-state index contributed by atoms with van der Waals surface area (Å²) in [6, 6.07) is 15.7. The van der Waals surface area contributed by atoms with Crippen LogP contribution in [-0.4, -0.2) is 9.91 Å². The highest BCUT2D eigenvalue weighted by molar-refractivity contribution is 6.31. The second-order valence-corrected chi connectivity index (χ2v) is 6.73. The molecule has 0 aliphatic rings. The van der Waals surface area contributed by atoms with Crippen molar-refractivity contribution in [3.05, 3.63) is 74.8 Å². The number of nitro benzene ring substituents is 1. The average Bonchev–Trinajstić information content (AvgIpc) is 2.68. The van der Waals surface area contributed by atoms with Crippen LogP contribution in [0.2, 0.25) is 5.02 Å². The van der Waals surface area contributed by atoms with Crippen molar-refractivity contribution in [2.75, 3.05) is 5.73 Å². The molecular weight excluding hydrogens is 376 g/mol. The Kier molecular flexibility index (Phi) is 5.57. The van der Waals surface area contributed by atoms with Gasteiger partial charge in [0, 0.05) is 22.2 Å². The van der Waals surface area contributed by atoms with Crippen LogP contribution in [0.25, 0.3) is 22.4 Å². The largest absolute Gasteiger partial charge is 0.383 e. The summed E-state index contributed by atoms with van der Waals surface area (Å²) >= 11 is 6.06. The third-order valence-corrected chi connectivity index (χ3v) is 4.63. The maximum absolute atomic E-state index is 11.5. The SMILES string of the molecule is CCCc1ccc(-c2cc(-c3cc(Cl)ccc3[N+](=O)[O-])c(C#N)c(N)n2)cc1. The third-order valence-electron chi connectivity index (χ3n) is 4.39. The van der Waals surface area contributed by atoms with Crippen LogP contribution in [0.1, 0.15) is 24.5 Å². The van der Waals surface area contributed by atoms with E-state index in [2.05, 4.69) is 11.9 Å². The molecule has 7 heteroatoms. The average molecular weight is 393 g/mol. The van der Waals surface area contributed by atoms with E-state index >= 15 is 0 Å². The van der Waals surface area contributed by atoms with Gasteiger partial charge in [-0.25, -0.2) is 4.98 Å². The molecule has 0 aliphatic heterocycles. The van der Waals surface area contributed by atoms with Crippen LogP contribution in [0.3, 0.4) is 0 Å². The van der Waals surface area contributed by atoms with E-state index in [-0.39, 0.29) is 22.6 Å². The van der Waals surface area contributed by atoms with Crippen molar-refractivity contribution >= 4 is 23.1 Å². The number of nitro groups is 1. The predicted octanol–water partition coefficient (Wildman–Crippen LogP) is 5.38. The molecule has 0 bridgehead atoms. The molecule has 2 N–H and O–H groups in total. The van der Waals surface area contributed by atoms with Crippen molar-refractivity contribution in [3.8, 4) is 28.5 Å². The molecule has 3 aromatic rings. The molecule has 0 saturated heterocycles. The van der Waals surface area contributed by atoms with Crippen LogP contribution in [0.4, 0.5) is 11.5 Å². The fourth-order valence-corrected chi connectivity index (χ4v) is 3.23. The standard InChI is InChI=1S/C21H17ClN4O2/c1-2-3-13-4-6-14(7-5-13)19-11-16(18(12-23)21(24)25-19)17-10-15(22)8-9-20(17)26(27)28/h4-11H,2-3H2,1H3,(H2,24,25). The van der Waals surface area contributed by atoms with Crippen molar-refractivity contribution in [3.63, 3.8) is 0 Å². The summed E-state index contributed by atoms with van der Waals surface area (Å²) in [4.78, 5) is 15.3. The fourth-order valence-electron chi connectivity index (χ4n) is 3.06. The van der Waals surface area contributed by atoms with Gasteiger partial charge in [0.25, 0.3) is 5.69 Å². The Morgan fingerprint density at radius 3 is 2.50 bits per heavy atom. The molecule has 2 aromatic carbocycles. The number of aryl methyl sites for hydroxylation is 1. The fraction of sp³-hybridized carbons (Fsp3) is 0.143. The van der Waals surface area contributed by atoms with E-state index in [1.54, 1.807) is 6.07 Å². The van der Waals surface area contributed by atoms with Crippen molar-refractivity contribution in [1.29, 1.82) is 5.26 Å². The van der Waals surface area contributed by atoms with Crippen molar-refractivity contribution in [1.82, 2.24) is 4.98 Å². The van der Waals surface area contributed by atoms with Crippen LogP contribution >= 0.6 is 11.6 Å². The highest BCUT2D eigenvalue weighted by Crippen LogP contribution is 2.37. The van der Waals surface area contributed by atoms with E-state index < -0.39 is 4.92 Å². The number of benzene rings is 2. The summed E-state index contributed by atoms with van der Waals surface area (Å²) in [6.45, 7) is 2.11. The number of nitrogen functional groups attached to an aromatic ring is 1. The van der Waals surface area contributed by atoms with E-state index in [1.165, 1.54) is 23.8 Å². The zero-order valence-electron chi connectivity index (χ0n) is 15.1. The zero-order valence-corrected chi connectivity index (χ0v) is 15.9. The molecule has 6 nitrogen and oxygen atoms in total. The number of hydrogen-bond donors (Lipinski definition) is 1. The van der Waals surface area contributed by atoms with Crippen LogP contribution in [-0.2, 0) is 6.42 Å². The van der Waals surface area contributed by atoms with Gasteiger partial charge in [-0.05, 0) is 30.2 Å². The summed E-state index contributed by atoms with van der Waals surface area (Å²) < 4.78 is 0. The zero-order chi connectivity index (χ0) is 20.3. The van der Waals surface area contributed by atoms with Crippen molar-refractivity contribution in [2.24, 2.45) is 0 Å². The molecule has 0 spiro atoms. The Morgan fingerprint density at radius 1 is 1.18 bits per heavy atom. The minimum absolute atomic E-state index is 0.0157. The van der Waals surface area contributed by atoms with Gasteiger partial charge in [0.15, 0.2) is 0 Å². The predicted molar refractivity (Wildman–Crippen MR) is 110 cm³/mol. The summed E-state index contributed by atoms with van der Waals surface area (Å²) in [5.41, 5.74) is 9.04. The highest BCUT2D eigenvalue weighted by atomic mass is 35.5. The number of pyridine rings is 1. The van der Waals surface area contributed by atoms with Crippen LogP contribution in [0, 0.1) is 21.4 Å². The first-order chi connectivity index (χ1) is 13.4. The highest BCUT2D eigenvalue weighted by Gasteiger charge is 2.21. The Balaban J connectivity index is 2.21. The lowest BCUT2D eigenvalue weighted by Gasteiger charge is -2.11. The van der Waals surface area contributed by atoms with E-state index in [0.29, 0.717) is 16.3 Å². The van der Waals surface area contributed by atoms with Gasteiger partial charge in [0.2, 0.25) is 0 Å². The van der Waals surface area contributed by atoms with Gasteiger partial charge in [0.05, 0.1) is 16.2 Å². The second kappa shape index (κ2) is 8.07. The lowest BCUT2D eigenvalue weighted by atomic mass is 9.96. The lowest BCUT2D eigenvalue weighted by molar-refractivity contribution is -0.384. The number of nitrogens with two attached hydrogens (primary N) is 1. The Hall–Kier alpha value is -3.43. The van der Waals surface area contributed by atoms with Gasteiger partial charge < -0.3 is 5.73 Å². The van der Waals surface area contributed by atoms with Crippen LogP contribution < -0.4 is 5.73 Å². The molecule has 0 unspecified atom stereocenters. The van der Waals surface area contributed by atoms with Gasteiger partial charge in [-0.2, -0.15) is 5.26 Å². The molecule has 0 aliphatic carbocycles. The monoisotopic (exact) mass is 392 g/mol. The molecule has 3 rings (SSSR count). The molecule has 0 fully saturated rings. The molecule has 140 valence electrons. The summed E-state index contributed by atoms with van der Waals surface area (Å²) in [6.07, 6.45) is 2.02. The molecule has 0 amide bonds. The number of aromatic nitrogens is 1. The molecule has 0 radical (unpaired) electrons. The summed E-state index contributed by atoms with van der Waals surface area (Å²) in [5.74, 6) is 0.0157. The van der Waals surface area contributed by atoms with Crippen molar-refractivity contribution < 1.29 is 4.92 Å². The second-order valence-electron chi connectivity index (χ2n) is 6.29. The van der Waals surface area contributed by atoms with Crippen LogP contribution in [0.5, 0.6) is 0 Å². The molecule has 0 saturated carbocycles. The Labute approximate surface area is 167 Å². The molecule has 1 aromatic heterocycles. The van der Waals surface area contributed by atoms with Gasteiger partial charge in [-0.1, -0.05) is 49.2 Å². The quantitative estimate of drug-likeness (QED) is 0.463. The lowest BCUT2D eigenvalue weighted by Crippen LogP contribution is -2.01. The van der Waals surface area contributed by atoms with E-state index in [4.69, 9.17) is 17.3 Å². The van der Waals surface area contributed by atoms with Gasteiger partial charge >= 0.3 is 0 Å². The number of halogens is 1. The van der Waals surface area contributed by atoms with E-state index in [1.807, 2.05) is 30.3 Å². The molecule has 1 heterocycles. The molecular formula is C21H17ClN4O2. The number of hydrogen-bond acceptors (Lipinski definition) is 5. The van der Waals surface area contributed by atoms with Gasteiger partial charge in [-0.15, -0.1) is 0 Å². The Morgan fingerprint density at radius 2 is 1.89 bits per heavy atom. The topological polar surface area (TPSA) is 106 Å². The third kappa shape index (κ3) is 3.80. The van der Waals surface area contributed by atoms with E-state index in [9.17, 15) is 15.4 Å². The normalized spacial score (nSPS) is 10.5. The minimum Gasteiger partial charge on any atom is -0.383 e. The smallest absolute Gasteiger partial charge is 0.277 e. The first kappa shape index (κ1) is 19.3. The first-order valence-corrected chi connectivity index (χ1v) is 9.06. The number of nitriles is 1. The molecule has 0 atom stereocenters. The minimum atomic E-state index is -0.511. The van der Waals surface area contributed by atoms with Crippen LogP contribution in [0.15, 0.2) is 48.5 Å². The Bertz CT molecular complexity index is 1090. The van der Waals surface area contributed by atoms with Gasteiger partial charge in [-0.3, -0.25) is 10.1 Å². The van der Waals surface area contributed by atoms with Crippen molar-refractivity contribution in [2.45, 2.75) is 19.8 Å². The summed E-state index contributed by atoms with van der Waals surface area (Å²) in [5, 5.41) is 21.3. The van der Waals surface area contributed by atoms with Gasteiger partial charge in [0.1, 0.15) is 17.5 Å². The number of anilines is 1. The first-order valence-electron chi connectivity index (χ1n) is 8.68. The summed E-state index contributed by atoms with van der Waals surface area (Å²) in [7, 11) is 0. The maximum atomic E-state index is 11.5. The maximum Gasteiger partial charge on any atom is 0.277 e. The van der Waals surface area contributed by atoms with E-state index in [0.717, 1.165) is 18.4 Å². The number of nitrogens with zero attached hydrogens (tertiary/aromatic N) is 3.